The molecular weight excluding hydrogens is 115 g/mol. The van der Waals surface area contributed by atoms with Gasteiger partial charge in [0.25, 0.3) is 6.13 Å². The van der Waals surface area contributed by atoms with Gasteiger partial charge in [-0.2, -0.15) is 0 Å². The highest BCUT2D eigenvalue weighted by molar-refractivity contribution is 6.21. The molecule has 0 aromatic rings. The Kier molecular flexibility index (Phi) is 23.9. The van der Waals surface area contributed by atoms with E-state index in [1.54, 1.807) is 0 Å². The van der Waals surface area contributed by atoms with E-state index < -0.39 is 0 Å². The molecule has 0 aromatic carbocycles. The van der Waals surface area contributed by atoms with Crippen LogP contribution in [0.25, 0.3) is 0 Å². The third-order valence-corrected chi connectivity index (χ3v) is 0.500. The molecule has 0 N–H and O–H groups in total. The van der Waals surface area contributed by atoms with Gasteiger partial charge in [0.2, 0.25) is 0 Å². The Morgan fingerprint density at radius 3 is 1.57 bits per heavy atom. The molecule has 0 atom stereocenters. The molecule has 2 heteroatoms. The van der Waals surface area contributed by atoms with Crippen molar-refractivity contribution in [3.63, 3.8) is 0 Å². The number of hydrogen-bond acceptors (Lipinski definition) is 0. The summed E-state index contributed by atoms with van der Waals surface area (Å²) in [4.78, 5) is 0. The summed E-state index contributed by atoms with van der Waals surface area (Å²) >= 11 is 4.08. The van der Waals surface area contributed by atoms with Crippen LogP contribution in [-0.4, -0.2) is 0 Å². The van der Waals surface area contributed by atoms with E-state index in [-0.39, 0.29) is 0 Å². The largest absolute Gasteiger partial charge is 0.288 e. The predicted octanol–water partition coefficient (Wildman–Crippen LogP) is 3.00. The van der Waals surface area contributed by atoms with Crippen molar-refractivity contribution in [1.29, 1.82) is 0 Å². The van der Waals surface area contributed by atoms with Crippen molar-refractivity contribution in [2.75, 3.05) is 0 Å². The molecule has 0 fully saturated rings. The summed E-state index contributed by atoms with van der Waals surface area (Å²) in [6, 6.07) is 0. The molecule has 0 unspecified atom stereocenters. The molecule has 44 valence electrons. The lowest BCUT2D eigenvalue weighted by Crippen LogP contribution is -1.47. The molecule has 0 rings (SSSR count). The molecule has 0 aromatic heterocycles. The number of unbranched alkanes of at least 4 members (excludes halogenated alkanes) is 1. The molecular formula is C5H10ClF. The molecule has 0 spiro atoms. The molecule has 0 aliphatic rings. The van der Waals surface area contributed by atoms with Crippen molar-refractivity contribution in [1.82, 2.24) is 0 Å². The summed E-state index contributed by atoms with van der Waals surface area (Å²) in [6.07, 6.45) is 3.36. The normalized spacial score (nSPS) is 6.86. The van der Waals surface area contributed by atoms with E-state index in [1.165, 1.54) is 12.8 Å². The van der Waals surface area contributed by atoms with Gasteiger partial charge in [-0.15, -0.1) is 0 Å². The van der Waals surface area contributed by atoms with Gasteiger partial charge in [-0.1, -0.05) is 38.3 Å². The Morgan fingerprint density at radius 2 is 1.57 bits per heavy atom. The van der Waals surface area contributed by atoms with Gasteiger partial charge in [0.05, 0.1) is 0 Å². The average molecular weight is 125 g/mol. The van der Waals surface area contributed by atoms with Crippen LogP contribution in [0.4, 0.5) is 4.39 Å². The Bertz CT molecular complexity index is 15.6. The fraction of sp³-hybridized carbons (Fsp3) is 0.800. The van der Waals surface area contributed by atoms with Crippen molar-refractivity contribution in [2.24, 2.45) is 0 Å². The van der Waals surface area contributed by atoms with Crippen LogP contribution in [0.1, 0.15) is 26.7 Å². The maximum atomic E-state index is 9.81. The van der Waals surface area contributed by atoms with Crippen molar-refractivity contribution in [2.45, 2.75) is 26.7 Å². The highest BCUT2D eigenvalue weighted by atomic mass is 35.5. The zero-order valence-electron chi connectivity index (χ0n) is 4.67. The van der Waals surface area contributed by atoms with Gasteiger partial charge in [-0.05, 0) is 0 Å². The Morgan fingerprint density at radius 1 is 1.43 bits per heavy atom. The van der Waals surface area contributed by atoms with Crippen LogP contribution in [0.2, 0.25) is 0 Å². The third kappa shape index (κ3) is 74.4. The fourth-order valence-electron chi connectivity index (χ4n) is 0. The summed E-state index contributed by atoms with van der Waals surface area (Å²) in [6.45, 7) is 4.36. The lowest BCUT2D eigenvalue weighted by molar-refractivity contribution is 0.685. The molecule has 0 saturated heterocycles. The van der Waals surface area contributed by atoms with E-state index in [9.17, 15) is 4.39 Å². The first-order valence-electron chi connectivity index (χ1n) is 2.29. The average Bonchev–Trinajstić information content (AvgIpc) is 1.69. The van der Waals surface area contributed by atoms with Crippen molar-refractivity contribution in [3.05, 3.63) is 6.13 Å². The topological polar surface area (TPSA) is 0 Å². The van der Waals surface area contributed by atoms with E-state index in [2.05, 4.69) is 25.4 Å². The van der Waals surface area contributed by atoms with E-state index in [1.807, 2.05) is 0 Å². The molecule has 0 saturated carbocycles. The molecule has 0 heterocycles. The molecule has 0 nitrogen and oxygen atoms in total. The number of rotatable bonds is 1. The molecule has 7 heavy (non-hydrogen) atoms. The zero-order chi connectivity index (χ0) is 6.12. The van der Waals surface area contributed by atoms with E-state index >= 15 is 0 Å². The highest BCUT2D eigenvalue weighted by Gasteiger charge is 1.56. The Labute approximate surface area is 49.7 Å². The molecule has 0 amide bonds. The maximum Gasteiger partial charge on any atom is 0.288 e. The van der Waals surface area contributed by atoms with E-state index in [4.69, 9.17) is 0 Å². The standard InChI is InChI=1S/C4H10.CClF/c1-3-4-2;2-1-3/h3-4H2,1-2H3;. The second-order valence-corrected chi connectivity index (χ2v) is 1.21. The van der Waals surface area contributed by atoms with Crippen molar-refractivity contribution < 1.29 is 4.39 Å². The predicted molar refractivity (Wildman–Crippen MR) is 30.8 cm³/mol. The smallest absolute Gasteiger partial charge is 0.216 e. The van der Waals surface area contributed by atoms with E-state index in [0.29, 0.717) is 0 Å². The number of halogens is 2. The van der Waals surface area contributed by atoms with Gasteiger partial charge in [0.1, 0.15) is 0 Å². The van der Waals surface area contributed by atoms with Gasteiger partial charge >= 0.3 is 0 Å². The molecule has 0 bridgehead atoms. The first-order chi connectivity index (χ1) is 3.33. The summed E-state index contributed by atoms with van der Waals surface area (Å²) in [7, 11) is 0. The SMILES string of the molecule is CCCC.F[C]Cl. The van der Waals surface area contributed by atoms with Crippen LogP contribution in [0.3, 0.4) is 0 Å². The van der Waals surface area contributed by atoms with E-state index in [0.717, 1.165) is 6.13 Å². The minimum Gasteiger partial charge on any atom is -0.216 e. The summed E-state index contributed by atoms with van der Waals surface area (Å²) in [5.41, 5.74) is 0. The number of hydrogen-bond donors (Lipinski definition) is 0. The first kappa shape index (κ1) is 10.3. The van der Waals surface area contributed by atoms with Crippen LogP contribution in [0.15, 0.2) is 0 Å². The molecule has 2 radical (unpaired) electrons. The summed E-state index contributed by atoms with van der Waals surface area (Å²) < 4.78 is 9.81. The zero-order valence-corrected chi connectivity index (χ0v) is 5.43. The summed E-state index contributed by atoms with van der Waals surface area (Å²) in [5.74, 6) is 0. The van der Waals surface area contributed by atoms with Crippen LogP contribution in [0, 0.1) is 6.13 Å². The quantitative estimate of drug-likeness (QED) is 0.504. The minimum absolute atomic E-state index is 0.722. The minimum atomic E-state index is 0.722. The van der Waals surface area contributed by atoms with Crippen LogP contribution < -0.4 is 0 Å². The Balaban J connectivity index is 0. The van der Waals surface area contributed by atoms with Gasteiger partial charge in [-0.25, -0.2) is 4.39 Å². The molecule has 0 aliphatic carbocycles. The van der Waals surface area contributed by atoms with Gasteiger partial charge in [0.15, 0.2) is 0 Å². The second-order valence-electron chi connectivity index (χ2n) is 1.07. The van der Waals surface area contributed by atoms with Gasteiger partial charge in [-0.3, -0.25) is 0 Å². The lowest BCUT2D eigenvalue weighted by Gasteiger charge is -1.68. The Hall–Kier alpha value is 0.220. The van der Waals surface area contributed by atoms with Crippen LogP contribution >= 0.6 is 11.6 Å². The highest BCUT2D eigenvalue weighted by Crippen LogP contribution is 1.77. The summed E-state index contributed by atoms with van der Waals surface area (Å²) in [5, 5.41) is 0. The molecule has 0 aliphatic heterocycles. The van der Waals surface area contributed by atoms with Crippen LogP contribution in [0.5, 0.6) is 0 Å². The fourth-order valence-corrected chi connectivity index (χ4v) is 0. The second kappa shape index (κ2) is 16.3. The van der Waals surface area contributed by atoms with Crippen molar-refractivity contribution in [3.8, 4) is 0 Å². The van der Waals surface area contributed by atoms with Gasteiger partial charge < -0.3 is 0 Å². The monoisotopic (exact) mass is 124 g/mol. The first-order valence-corrected chi connectivity index (χ1v) is 2.67. The van der Waals surface area contributed by atoms with Gasteiger partial charge in [0, 0.05) is 0 Å². The maximum absolute atomic E-state index is 9.81. The van der Waals surface area contributed by atoms with Crippen molar-refractivity contribution >= 4 is 11.6 Å². The van der Waals surface area contributed by atoms with Crippen LogP contribution in [-0.2, 0) is 0 Å². The third-order valence-electron chi connectivity index (χ3n) is 0.500. The lowest BCUT2D eigenvalue weighted by atomic mass is 10.4.